The van der Waals surface area contributed by atoms with E-state index in [9.17, 15) is 13.6 Å². The van der Waals surface area contributed by atoms with Crippen LogP contribution in [0, 0.1) is 11.6 Å². The van der Waals surface area contributed by atoms with Crippen molar-refractivity contribution in [2.24, 2.45) is 7.05 Å². The molecule has 0 spiro atoms. The van der Waals surface area contributed by atoms with Gasteiger partial charge in [0.15, 0.2) is 17.5 Å². The van der Waals surface area contributed by atoms with E-state index >= 15 is 4.39 Å². The van der Waals surface area contributed by atoms with Crippen molar-refractivity contribution < 1.29 is 17.9 Å². The minimum atomic E-state index is -1.33. The fourth-order valence-electron chi connectivity index (χ4n) is 5.55. The molecule has 39 heavy (non-hydrogen) atoms. The highest BCUT2D eigenvalue weighted by atomic mass is 19.1. The highest BCUT2D eigenvalue weighted by Gasteiger charge is 2.43. The van der Waals surface area contributed by atoms with Gasteiger partial charge in [-0.25, -0.2) is 22.9 Å². The zero-order valence-electron chi connectivity index (χ0n) is 22.3. The van der Waals surface area contributed by atoms with Crippen molar-refractivity contribution in [1.82, 2.24) is 34.7 Å². The Morgan fingerprint density at radius 3 is 2.74 bits per heavy atom. The number of rotatable bonds is 8. The Hall–Kier alpha value is -3.68. The minimum absolute atomic E-state index is 0.0118. The number of aryl methyl sites for hydroxylation is 1. The molecule has 3 atom stereocenters. The Morgan fingerprint density at radius 2 is 2.03 bits per heavy atom. The van der Waals surface area contributed by atoms with Crippen LogP contribution in [-0.2, 0) is 7.05 Å². The molecule has 2 saturated heterocycles. The fraction of sp³-hybridized carbons (Fsp3) is 0.560. The molecule has 14 heteroatoms. The van der Waals surface area contributed by atoms with E-state index in [1.54, 1.807) is 0 Å². The standard InChI is InChI=1S/C25H32F3N9O2/c1-14(26)13-39-21-9-17(27)19(10-20(21)37-24(38)35(4)33-34-37)31-23-29-12-18(28)22(32-23)30-15-8-16-6-5-7-36(16)25(2,3)11-15/h9-10,12,14-16H,5-8,11,13H2,1-4H3,(H2,29,30,31,32)/t14-,15+,16-/m0/s1. The third kappa shape index (κ3) is 5.56. The number of hydrogen-bond donors (Lipinski definition) is 2. The number of benzene rings is 1. The number of hydrogen-bond acceptors (Lipinski definition) is 9. The molecule has 210 valence electrons. The van der Waals surface area contributed by atoms with Gasteiger partial charge in [-0.3, -0.25) is 4.90 Å². The van der Waals surface area contributed by atoms with Crippen LogP contribution >= 0.6 is 0 Å². The molecule has 0 amide bonds. The maximum atomic E-state index is 15.1. The second-order valence-electron chi connectivity index (χ2n) is 10.8. The SMILES string of the molecule is C[C@H](F)COc1cc(F)c(Nc2ncc(F)c(N[C@@H]3C[C@@H]4CCCN4C(C)(C)C3)n2)cc1-n1nnn(C)c1=O. The molecular formula is C25H32F3N9O2. The molecule has 0 aliphatic carbocycles. The number of aromatic nitrogens is 6. The lowest BCUT2D eigenvalue weighted by molar-refractivity contribution is 0.0500. The number of nitrogens with zero attached hydrogens (tertiary/aromatic N) is 7. The lowest BCUT2D eigenvalue weighted by atomic mass is 9.84. The molecule has 1 aromatic carbocycles. The van der Waals surface area contributed by atoms with E-state index in [2.05, 4.69) is 49.8 Å². The Morgan fingerprint density at radius 1 is 1.23 bits per heavy atom. The average Bonchev–Trinajstić information content (AvgIpc) is 3.48. The second kappa shape index (κ2) is 10.5. The normalized spacial score (nSPS) is 21.4. The van der Waals surface area contributed by atoms with Crippen LogP contribution in [0.3, 0.4) is 0 Å². The zero-order valence-corrected chi connectivity index (χ0v) is 22.3. The molecule has 2 N–H and O–H groups in total. The highest BCUT2D eigenvalue weighted by Crippen LogP contribution is 2.38. The molecule has 3 aromatic rings. The molecule has 2 fully saturated rings. The Bertz CT molecular complexity index is 1410. The topological polar surface area (TPSA) is 115 Å². The van der Waals surface area contributed by atoms with E-state index in [1.807, 2.05) is 0 Å². The predicted octanol–water partition coefficient (Wildman–Crippen LogP) is 3.33. The highest BCUT2D eigenvalue weighted by molar-refractivity contribution is 5.63. The molecule has 5 rings (SSSR count). The van der Waals surface area contributed by atoms with Crippen LogP contribution in [0.25, 0.3) is 5.69 Å². The van der Waals surface area contributed by atoms with Crippen molar-refractivity contribution in [3.63, 3.8) is 0 Å². The zero-order chi connectivity index (χ0) is 27.9. The first-order chi connectivity index (χ1) is 18.5. The first kappa shape index (κ1) is 26.9. The third-order valence-electron chi connectivity index (χ3n) is 7.26. The van der Waals surface area contributed by atoms with E-state index in [-0.39, 0.29) is 47.1 Å². The number of alkyl halides is 1. The Labute approximate surface area is 223 Å². The summed E-state index contributed by atoms with van der Waals surface area (Å²) in [4.78, 5) is 23.2. The van der Waals surface area contributed by atoms with Gasteiger partial charge in [-0.1, -0.05) is 0 Å². The maximum Gasteiger partial charge on any atom is 0.368 e. The summed E-state index contributed by atoms with van der Waals surface area (Å²) in [5.41, 5.74) is -0.736. The Kier molecular flexibility index (Phi) is 7.23. The molecule has 0 bridgehead atoms. The summed E-state index contributed by atoms with van der Waals surface area (Å²) in [6.45, 7) is 6.40. The summed E-state index contributed by atoms with van der Waals surface area (Å²) < 4.78 is 50.6. The molecule has 2 aliphatic heterocycles. The number of fused-ring (bicyclic) bond motifs is 1. The van der Waals surface area contributed by atoms with Crippen molar-refractivity contribution >= 4 is 17.5 Å². The molecule has 2 aromatic heterocycles. The van der Waals surface area contributed by atoms with Crippen LogP contribution in [0.1, 0.15) is 46.5 Å². The first-order valence-corrected chi connectivity index (χ1v) is 12.9. The number of piperidine rings is 1. The average molecular weight is 548 g/mol. The smallest absolute Gasteiger partial charge is 0.368 e. The predicted molar refractivity (Wildman–Crippen MR) is 138 cm³/mol. The Balaban J connectivity index is 1.41. The van der Waals surface area contributed by atoms with Gasteiger partial charge in [0.2, 0.25) is 5.95 Å². The monoisotopic (exact) mass is 547 g/mol. The van der Waals surface area contributed by atoms with E-state index in [0.29, 0.717) is 6.04 Å². The summed E-state index contributed by atoms with van der Waals surface area (Å²) in [5.74, 6) is -1.55. The fourth-order valence-corrected chi connectivity index (χ4v) is 5.55. The van der Waals surface area contributed by atoms with Crippen LogP contribution in [0.15, 0.2) is 23.1 Å². The van der Waals surface area contributed by atoms with Gasteiger partial charge in [-0.15, -0.1) is 0 Å². The summed E-state index contributed by atoms with van der Waals surface area (Å²) in [5, 5.41) is 13.4. The van der Waals surface area contributed by atoms with Crippen LogP contribution in [-0.4, -0.2) is 71.6 Å². The lowest BCUT2D eigenvalue weighted by Crippen LogP contribution is -2.55. The lowest BCUT2D eigenvalue weighted by Gasteiger charge is -2.47. The number of tetrazole rings is 1. The van der Waals surface area contributed by atoms with Crippen LogP contribution in [0.2, 0.25) is 0 Å². The second-order valence-corrected chi connectivity index (χ2v) is 10.8. The maximum absolute atomic E-state index is 15.1. The van der Waals surface area contributed by atoms with Gasteiger partial charge in [0.1, 0.15) is 24.2 Å². The molecule has 0 saturated carbocycles. The summed E-state index contributed by atoms with van der Waals surface area (Å²) >= 11 is 0. The van der Waals surface area contributed by atoms with Crippen LogP contribution < -0.4 is 21.1 Å². The number of halogens is 3. The first-order valence-electron chi connectivity index (χ1n) is 12.9. The van der Waals surface area contributed by atoms with Gasteiger partial charge in [0.25, 0.3) is 0 Å². The van der Waals surface area contributed by atoms with Crippen molar-refractivity contribution in [2.75, 3.05) is 23.8 Å². The van der Waals surface area contributed by atoms with Gasteiger partial charge in [-0.2, -0.15) is 14.3 Å². The molecule has 4 heterocycles. The van der Waals surface area contributed by atoms with Gasteiger partial charge in [0.05, 0.1) is 11.9 Å². The van der Waals surface area contributed by atoms with Gasteiger partial charge < -0.3 is 15.4 Å². The van der Waals surface area contributed by atoms with Crippen molar-refractivity contribution in [3.8, 4) is 11.4 Å². The summed E-state index contributed by atoms with van der Waals surface area (Å²) in [6.07, 6.45) is 3.64. The van der Waals surface area contributed by atoms with Crippen molar-refractivity contribution in [2.45, 2.75) is 70.2 Å². The molecule has 0 radical (unpaired) electrons. The van der Waals surface area contributed by atoms with E-state index < -0.39 is 23.5 Å². The number of anilines is 3. The third-order valence-corrected chi connectivity index (χ3v) is 7.26. The number of ether oxygens (including phenoxy) is 1. The molecular weight excluding hydrogens is 515 g/mol. The molecule has 2 aliphatic rings. The van der Waals surface area contributed by atoms with Crippen LogP contribution in [0.5, 0.6) is 5.75 Å². The van der Waals surface area contributed by atoms with Crippen molar-refractivity contribution in [1.29, 1.82) is 0 Å². The molecule has 0 unspecified atom stereocenters. The summed E-state index contributed by atoms with van der Waals surface area (Å²) in [7, 11) is 1.40. The van der Waals surface area contributed by atoms with Gasteiger partial charge in [0, 0.05) is 30.7 Å². The molecule has 11 nitrogen and oxygen atoms in total. The van der Waals surface area contributed by atoms with E-state index in [0.717, 1.165) is 53.9 Å². The largest absolute Gasteiger partial charge is 0.488 e. The quantitative estimate of drug-likeness (QED) is 0.438. The summed E-state index contributed by atoms with van der Waals surface area (Å²) in [6, 6.07) is 2.70. The minimum Gasteiger partial charge on any atom is -0.488 e. The van der Waals surface area contributed by atoms with Gasteiger partial charge in [-0.05, 0) is 69.5 Å². The van der Waals surface area contributed by atoms with Crippen molar-refractivity contribution in [3.05, 3.63) is 40.4 Å². The van der Waals surface area contributed by atoms with Gasteiger partial charge >= 0.3 is 5.69 Å². The van der Waals surface area contributed by atoms with E-state index in [1.165, 1.54) is 20.0 Å². The van der Waals surface area contributed by atoms with E-state index in [4.69, 9.17) is 4.74 Å². The number of nitrogens with one attached hydrogen (secondary N) is 2. The van der Waals surface area contributed by atoms with Crippen LogP contribution in [0.4, 0.5) is 30.6 Å².